The number of carbonyl (C=O) groups excluding carboxylic acids is 2. The average molecular weight is 629 g/mol. The Morgan fingerprint density at radius 2 is 1.00 bits per heavy atom. The van der Waals surface area contributed by atoms with Crippen LogP contribution in [0.4, 0.5) is 0 Å². The molecule has 10 nitrogen and oxygen atoms in total. The molecule has 0 unspecified atom stereocenters. The zero-order chi connectivity index (χ0) is 30.4. The van der Waals surface area contributed by atoms with Crippen molar-refractivity contribution in [3.63, 3.8) is 0 Å². The molecule has 0 atom stereocenters. The first-order valence-corrected chi connectivity index (χ1v) is 18.1. The summed E-state index contributed by atoms with van der Waals surface area (Å²) in [5.74, 6) is 0.582. The predicted octanol–water partition coefficient (Wildman–Crippen LogP) is 3.28. The van der Waals surface area contributed by atoms with E-state index in [2.05, 4.69) is 20.1 Å². The average Bonchev–Trinajstić information content (AvgIpc) is 2.97. The molecule has 4 N–H and O–H groups in total. The van der Waals surface area contributed by atoms with Crippen LogP contribution < -0.4 is 20.1 Å². The van der Waals surface area contributed by atoms with E-state index in [0.29, 0.717) is 38.4 Å². The van der Waals surface area contributed by atoms with Gasteiger partial charge in [-0.15, -0.1) is 0 Å². The highest BCUT2D eigenvalue weighted by molar-refractivity contribution is 7.99. The smallest absolute Gasteiger partial charge is 0.240 e. The summed E-state index contributed by atoms with van der Waals surface area (Å²) in [4.78, 5) is 22.8. The first-order valence-electron chi connectivity index (χ1n) is 13.7. The Morgan fingerprint density at radius 3 is 1.39 bits per heavy atom. The molecule has 2 aromatic carbocycles. The summed E-state index contributed by atoms with van der Waals surface area (Å²) in [6.45, 7) is 3.94. The first-order chi connectivity index (χ1) is 19.6. The Labute approximate surface area is 250 Å². The molecule has 230 valence electrons. The number of hydrogen-bond donors (Lipinski definition) is 4. The summed E-state index contributed by atoms with van der Waals surface area (Å²) in [5.41, 5.74) is 0. The Hall–Kier alpha value is -2.45. The first kappa shape index (κ1) is 36.6. The summed E-state index contributed by atoms with van der Waals surface area (Å²) in [6.07, 6.45) is 7.36. The van der Waals surface area contributed by atoms with Gasteiger partial charge in [-0.25, -0.2) is 26.3 Å². The van der Waals surface area contributed by atoms with Gasteiger partial charge in [-0.3, -0.25) is 9.59 Å². The lowest BCUT2D eigenvalue weighted by Gasteiger charge is -2.07. The van der Waals surface area contributed by atoms with Crippen LogP contribution in [0.2, 0.25) is 0 Å². The normalized spacial score (nSPS) is 11.3. The van der Waals surface area contributed by atoms with Gasteiger partial charge >= 0.3 is 0 Å². The number of hydrogen-bond acceptors (Lipinski definition) is 7. The number of sulfonamides is 2. The third-order valence-electron chi connectivity index (χ3n) is 5.64. The number of benzene rings is 2. The maximum absolute atomic E-state index is 11.9. The third-order valence-corrected chi connectivity index (χ3v) is 9.14. The van der Waals surface area contributed by atoms with Crippen molar-refractivity contribution in [3.05, 3.63) is 60.7 Å². The van der Waals surface area contributed by atoms with E-state index >= 15 is 0 Å². The van der Waals surface area contributed by atoms with E-state index in [0.717, 1.165) is 38.5 Å². The van der Waals surface area contributed by atoms with Gasteiger partial charge in [-0.05, 0) is 56.2 Å². The second kappa shape index (κ2) is 21.3. The molecule has 2 rings (SSSR count). The van der Waals surface area contributed by atoms with Crippen molar-refractivity contribution in [1.82, 2.24) is 20.1 Å². The van der Waals surface area contributed by atoms with Crippen molar-refractivity contribution in [3.8, 4) is 0 Å². The standard InChI is InChI=1S/C14H22N2O3S2.C14H22N2O3S/c1-20-12-14(17)15-10-6-3-7-11-16-21(18,19)13-8-4-2-5-9-13;1-2-14(17)15-11-7-4-8-12-16-20(18,19)13-9-5-3-6-10-13/h2,4-5,8-9,16H,3,6-7,10-12H2,1H3,(H,15,17);3,5-6,9-10,16H,2,4,7-8,11-12H2,1H3,(H,15,17). The SMILES string of the molecule is CCC(=O)NCCCCCNS(=O)(=O)c1ccccc1.CSCC(=O)NCCCCCNS(=O)(=O)c1ccccc1. The molecule has 0 heterocycles. The van der Waals surface area contributed by atoms with E-state index in [1.165, 1.54) is 11.8 Å². The number of unbranched alkanes of at least 4 members (excludes halogenated alkanes) is 4. The zero-order valence-corrected chi connectivity index (χ0v) is 26.4. The van der Waals surface area contributed by atoms with Crippen molar-refractivity contribution >= 4 is 43.6 Å². The molecule has 0 bridgehead atoms. The highest BCUT2D eigenvalue weighted by Crippen LogP contribution is 2.08. The molecule has 13 heteroatoms. The van der Waals surface area contributed by atoms with Crippen LogP contribution in [0.3, 0.4) is 0 Å². The topological polar surface area (TPSA) is 151 Å². The molecule has 0 aliphatic rings. The lowest BCUT2D eigenvalue weighted by Crippen LogP contribution is -2.27. The largest absolute Gasteiger partial charge is 0.356 e. The van der Waals surface area contributed by atoms with E-state index in [-0.39, 0.29) is 21.6 Å². The van der Waals surface area contributed by atoms with Crippen molar-refractivity contribution in [1.29, 1.82) is 0 Å². The number of thioether (sulfide) groups is 1. The number of amides is 2. The Bertz CT molecular complexity index is 1210. The molecule has 0 fully saturated rings. The van der Waals surface area contributed by atoms with E-state index < -0.39 is 20.0 Å². The Balaban J connectivity index is 0.000000410. The predicted molar refractivity (Wildman–Crippen MR) is 166 cm³/mol. The quantitative estimate of drug-likeness (QED) is 0.174. The van der Waals surface area contributed by atoms with Crippen LogP contribution in [0.5, 0.6) is 0 Å². The minimum Gasteiger partial charge on any atom is -0.356 e. The van der Waals surface area contributed by atoms with Crippen LogP contribution in [-0.2, 0) is 29.6 Å². The molecule has 0 aromatic heterocycles. The second-order valence-electron chi connectivity index (χ2n) is 9.03. The van der Waals surface area contributed by atoms with Gasteiger partial charge in [0.1, 0.15) is 0 Å². The molecule has 2 amide bonds. The summed E-state index contributed by atoms with van der Waals surface area (Å²) in [5, 5.41) is 5.61. The molecule has 0 radical (unpaired) electrons. The molecule has 41 heavy (non-hydrogen) atoms. The number of nitrogens with one attached hydrogen (secondary N) is 4. The number of rotatable bonds is 19. The van der Waals surface area contributed by atoms with Gasteiger partial charge in [0.15, 0.2) is 0 Å². The molecule has 2 aromatic rings. The zero-order valence-electron chi connectivity index (χ0n) is 23.9. The fourth-order valence-corrected chi connectivity index (χ4v) is 5.95. The molecule has 0 spiro atoms. The molecule has 0 saturated carbocycles. The van der Waals surface area contributed by atoms with Crippen LogP contribution in [0.25, 0.3) is 0 Å². The van der Waals surface area contributed by atoms with Crippen LogP contribution in [-0.4, -0.2) is 66.8 Å². The lowest BCUT2D eigenvalue weighted by molar-refractivity contribution is -0.121. The number of carbonyl (C=O) groups is 2. The van der Waals surface area contributed by atoms with Crippen molar-refractivity contribution in [2.24, 2.45) is 0 Å². The molecule has 0 aliphatic heterocycles. The lowest BCUT2D eigenvalue weighted by atomic mass is 10.2. The van der Waals surface area contributed by atoms with Gasteiger partial charge in [0.05, 0.1) is 15.5 Å². The van der Waals surface area contributed by atoms with E-state index in [1.807, 2.05) is 13.2 Å². The molecule has 0 saturated heterocycles. The second-order valence-corrected chi connectivity index (χ2v) is 13.4. The van der Waals surface area contributed by atoms with Crippen molar-refractivity contribution < 1.29 is 26.4 Å². The minimum absolute atomic E-state index is 0.0484. The highest BCUT2D eigenvalue weighted by Gasteiger charge is 2.12. The van der Waals surface area contributed by atoms with Crippen molar-refractivity contribution in [2.45, 2.75) is 61.7 Å². The van der Waals surface area contributed by atoms with Gasteiger partial charge in [0.25, 0.3) is 0 Å². The monoisotopic (exact) mass is 628 g/mol. The van der Waals surface area contributed by atoms with Crippen LogP contribution in [0.1, 0.15) is 51.9 Å². The summed E-state index contributed by atoms with van der Waals surface area (Å²) >= 11 is 1.49. The third kappa shape index (κ3) is 17.2. The van der Waals surface area contributed by atoms with Gasteiger partial charge in [-0.1, -0.05) is 56.2 Å². The van der Waals surface area contributed by atoms with Crippen molar-refractivity contribution in [2.75, 3.05) is 38.2 Å². The fourth-order valence-electron chi connectivity index (χ4n) is 3.40. The van der Waals surface area contributed by atoms with Gasteiger partial charge in [0, 0.05) is 32.6 Å². The minimum atomic E-state index is -3.40. The van der Waals surface area contributed by atoms with Gasteiger partial charge in [-0.2, -0.15) is 11.8 Å². The maximum atomic E-state index is 11.9. The summed E-state index contributed by atoms with van der Waals surface area (Å²) in [6, 6.07) is 16.7. The Morgan fingerprint density at radius 1 is 0.610 bits per heavy atom. The maximum Gasteiger partial charge on any atom is 0.240 e. The van der Waals surface area contributed by atoms with Crippen LogP contribution in [0, 0.1) is 0 Å². The molecular weight excluding hydrogens is 585 g/mol. The molecular formula is C28H44N4O6S3. The van der Waals surface area contributed by atoms with E-state index in [9.17, 15) is 26.4 Å². The van der Waals surface area contributed by atoms with Gasteiger partial charge < -0.3 is 10.6 Å². The fraction of sp³-hybridized carbons (Fsp3) is 0.500. The summed E-state index contributed by atoms with van der Waals surface area (Å²) < 4.78 is 52.7. The Kier molecular flexibility index (Phi) is 19.0. The highest BCUT2D eigenvalue weighted by atomic mass is 32.2. The molecule has 0 aliphatic carbocycles. The van der Waals surface area contributed by atoms with Gasteiger partial charge in [0.2, 0.25) is 31.9 Å². The van der Waals surface area contributed by atoms with Crippen LogP contribution in [0.15, 0.2) is 70.5 Å². The summed E-state index contributed by atoms with van der Waals surface area (Å²) in [7, 11) is -6.79. The van der Waals surface area contributed by atoms with Crippen LogP contribution >= 0.6 is 11.8 Å². The van der Waals surface area contributed by atoms with E-state index in [4.69, 9.17) is 0 Å². The van der Waals surface area contributed by atoms with E-state index in [1.54, 1.807) is 60.7 Å².